The summed E-state index contributed by atoms with van der Waals surface area (Å²) in [4.78, 5) is 12.2. The first-order valence-electron chi connectivity index (χ1n) is 13.9. The van der Waals surface area contributed by atoms with Crippen LogP contribution < -0.4 is 24.6 Å². The van der Waals surface area contributed by atoms with Crippen LogP contribution in [0.15, 0.2) is 78.6 Å². The van der Waals surface area contributed by atoms with Gasteiger partial charge in [0.25, 0.3) is 0 Å². The lowest BCUT2D eigenvalue weighted by Gasteiger charge is -2.31. The highest BCUT2D eigenvalue weighted by Crippen LogP contribution is 2.49. The molecule has 0 aliphatic carbocycles. The Morgan fingerprint density at radius 3 is 2.56 bits per heavy atom. The van der Waals surface area contributed by atoms with Gasteiger partial charge in [-0.3, -0.25) is 0 Å². The SMILES string of the molecule is COc1c2ccoc2c(OC[C@H]2O[C@@]3(C=Cc4cc5ccoc5c(OCC=C(C)C)c4O3)OC2(C)C)c2oc(=O)ccc12. The molecule has 1 saturated heterocycles. The van der Waals surface area contributed by atoms with Crippen LogP contribution in [0.4, 0.5) is 0 Å². The monoisotopic (exact) mass is 586 g/mol. The molecule has 10 nitrogen and oxygen atoms in total. The number of rotatable bonds is 7. The van der Waals surface area contributed by atoms with Crippen LogP contribution in [0.5, 0.6) is 23.0 Å². The van der Waals surface area contributed by atoms with Crippen LogP contribution in [0.3, 0.4) is 0 Å². The van der Waals surface area contributed by atoms with Crippen molar-refractivity contribution in [1.82, 2.24) is 0 Å². The Labute approximate surface area is 245 Å². The second-order valence-electron chi connectivity index (χ2n) is 11.2. The van der Waals surface area contributed by atoms with Crippen molar-refractivity contribution in [3.63, 3.8) is 0 Å². The zero-order valence-electron chi connectivity index (χ0n) is 24.3. The van der Waals surface area contributed by atoms with Crippen LogP contribution in [0, 0.1) is 0 Å². The summed E-state index contributed by atoms with van der Waals surface area (Å²) in [6.07, 6.45) is 8.12. The lowest BCUT2D eigenvalue weighted by Crippen LogP contribution is -2.39. The summed E-state index contributed by atoms with van der Waals surface area (Å²) < 4.78 is 54.4. The number of methoxy groups -OCH3 is 1. The molecule has 2 aliphatic heterocycles. The van der Waals surface area contributed by atoms with E-state index in [4.69, 9.17) is 41.7 Å². The van der Waals surface area contributed by atoms with Gasteiger partial charge in [0.05, 0.1) is 36.0 Å². The predicted octanol–water partition coefficient (Wildman–Crippen LogP) is 6.97. The second-order valence-corrected chi connectivity index (χ2v) is 11.2. The molecule has 0 unspecified atom stereocenters. The third-order valence-electron chi connectivity index (χ3n) is 7.58. The Morgan fingerprint density at radius 1 is 0.953 bits per heavy atom. The minimum absolute atomic E-state index is 0.0236. The summed E-state index contributed by atoms with van der Waals surface area (Å²) in [5.41, 5.74) is 1.70. The Hall–Kier alpha value is -4.67. The van der Waals surface area contributed by atoms with E-state index < -0.39 is 23.3 Å². The van der Waals surface area contributed by atoms with Crippen LogP contribution in [-0.4, -0.2) is 38.0 Å². The standard InChI is InChI=1S/C33H30O10/c1-18(2)9-13-38-30-25-20(10-14-36-25)16-19-8-12-33(42-26(19)30)41-23(32(3,4)43-33)17-39-31-28-22(11-15-37-28)27(35-5)21-6-7-24(34)40-29(21)31/h6-12,14-16,23H,13,17H2,1-5H3/t23-,33-/m1/s1. The molecule has 1 fully saturated rings. The van der Waals surface area contributed by atoms with E-state index in [0.717, 1.165) is 16.5 Å². The molecule has 0 radical (unpaired) electrons. The zero-order chi connectivity index (χ0) is 29.9. The number of furan rings is 2. The van der Waals surface area contributed by atoms with Gasteiger partial charge in [-0.15, -0.1) is 0 Å². The fourth-order valence-electron chi connectivity index (χ4n) is 5.44. The average molecular weight is 587 g/mol. The highest BCUT2D eigenvalue weighted by atomic mass is 16.9. The van der Waals surface area contributed by atoms with Crippen LogP contribution >= 0.6 is 0 Å². The van der Waals surface area contributed by atoms with Crippen molar-refractivity contribution in [1.29, 1.82) is 0 Å². The molecule has 5 heterocycles. The summed E-state index contributed by atoms with van der Waals surface area (Å²) in [5.74, 6) is 0.137. The first-order valence-corrected chi connectivity index (χ1v) is 13.9. The smallest absolute Gasteiger partial charge is 0.350 e. The van der Waals surface area contributed by atoms with Crippen LogP contribution in [-0.2, 0) is 9.47 Å². The molecule has 1 spiro atoms. The lowest BCUT2D eigenvalue weighted by molar-refractivity contribution is -0.271. The van der Waals surface area contributed by atoms with Crippen LogP contribution in [0.2, 0.25) is 0 Å². The van der Waals surface area contributed by atoms with E-state index in [2.05, 4.69) is 0 Å². The van der Waals surface area contributed by atoms with E-state index in [1.165, 1.54) is 12.3 Å². The first kappa shape index (κ1) is 27.2. The summed E-state index contributed by atoms with van der Waals surface area (Å²) in [6, 6.07) is 8.58. The van der Waals surface area contributed by atoms with Crippen molar-refractivity contribution < 1.29 is 41.7 Å². The van der Waals surface area contributed by atoms with E-state index in [1.54, 1.807) is 31.6 Å². The highest BCUT2D eigenvalue weighted by Gasteiger charge is 2.55. The molecule has 0 saturated carbocycles. The molecular weight excluding hydrogens is 556 g/mol. The van der Waals surface area contributed by atoms with Gasteiger partial charge in [-0.25, -0.2) is 4.79 Å². The van der Waals surface area contributed by atoms with Crippen molar-refractivity contribution in [2.24, 2.45) is 0 Å². The number of hydrogen-bond acceptors (Lipinski definition) is 10. The first-order chi connectivity index (χ1) is 20.7. The van der Waals surface area contributed by atoms with Gasteiger partial charge in [-0.05, 0) is 64.1 Å². The Balaban J connectivity index is 1.21. The molecule has 0 N–H and O–H groups in total. The van der Waals surface area contributed by atoms with Crippen LogP contribution in [0.1, 0.15) is 33.3 Å². The van der Waals surface area contributed by atoms with Crippen molar-refractivity contribution in [2.75, 3.05) is 20.3 Å². The third kappa shape index (κ3) is 4.54. The fourth-order valence-corrected chi connectivity index (χ4v) is 5.44. The Kier molecular flexibility index (Phi) is 6.30. The molecule has 0 bridgehead atoms. The van der Waals surface area contributed by atoms with Gasteiger partial charge < -0.3 is 41.7 Å². The summed E-state index contributed by atoms with van der Waals surface area (Å²) in [7, 11) is 1.54. The van der Waals surface area contributed by atoms with E-state index in [-0.39, 0.29) is 17.9 Å². The maximum Gasteiger partial charge on any atom is 0.350 e. The predicted molar refractivity (Wildman–Crippen MR) is 158 cm³/mol. The van der Waals surface area contributed by atoms with Crippen molar-refractivity contribution >= 4 is 39.0 Å². The Morgan fingerprint density at radius 2 is 1.74 bits per heavy atom. The molecule has 7 rings (SSSR count). The van der Waals surface area contributed by atoms with Crippen molar-refractivity contribution in [3.05, 3.63) is 76.6 Å². The molecule has 0 amide bonds. The van der Waals surface area contributed by atoms with E-state index >= 15 is 0 Å². The topological polar surface area (TPSA) is 112 Å². The quantitative estimate of drug-likeness (QED) is 0.146. The molecular formula is C33H30O10. The van der Waals surface area contributed by atoms with Crippen molar-refractivity contribution in [2.45, 2.75) is 45.4 Å². The van der Waals surface area contributed by atoms with Gasteiger partial charge >= 0.3 is 11.6 Å². The van der Waals surface area contributed by atoms with Gasteiger partial charge in [-0.2, -0.15) is 0 Å². The maximum absolute atomic E-state index is 12.2. The average Bonchev–Trinajstić information content (AvgIpc) is 3.69. The lowest BCUT2D eigenvalue weighted by atomic mass is 10.0. The van der Waals surface area contributed by atoms with Crippen LogP contribution in [0.25, 0.3) is 39.0 Å². The number of ether oxygens (including phenoxy) is 6. The molecule has 222 valence electrons. The maximum atomic E-state index is 12.2. The molecule has 3 aromatic heterocycles. The molecule has 2 atom stereocenters. The second kappa shape index (κ2) is 9.96. The highest BCUT2D eigenvalue weighted by molar-refractivity contribution is 6.06. The normalized spacial score (nSPS) is 20.4. The van der Waals surface area contributed by atoms with Gasteiger partial charge in [0.2, 0.25) is 11.5 Å². The molecule has 5 aromatic rings. The summed E-state index contributed by atoms with van der Waals surface area (Å²) in [5, 5.41) is 2.14. The fraction of sp³-hybridized carbons (Fsp3) is 0.303. The van der Waals surface area contributed by atoms with Gasteiger partial charge in [0.1, 0.15) is 25.1 Å². The van der Waals surface area contributed by atoms with Gasteiger partial charge in [0, 0.05) is 23.1 Å². The number of allylic oxidation sites excluding steroid dienone is 1. The largest absolute Gasteiger partial charge is 0.495 e. The molecule has 2 aromatic carbocycles. The zero-order valence-corrected chi connectivity index (χ0v) is 24.3. The minimum Gasteiger partial charge on any atom is -0.495 e. The van der Waals surface area contributed by atoms with Gasteiger partial charge in [-0.1, -0.05) is 5.57 Å². The number of fused-ring (bicyclic) bond motifs is 4. The number of benzene rings is 2. The van der Waals surface area contributed by atoms with E-state index in [9.17, 15) is 4.79 Å². The van der Waals surface area contributed by atoms with Gasteiger partial charge in [0.15, 0.2) is 22.5 Å². The minimum atomic E-state index is -1.55. The third-order valence-corrected chi connectivity index (χ3v) is 7.58. The van der Waals surface area contributed by atoms with E-state index in [1.807, 2.05) is 52.0 Å². The Bertz CT molecular complexity index is 1980. The molecule has 2 aliphatic rings. The summed E-state index contributed by atoms with van der Waals surface area (Å²) in [6.45, 7) is 8.15. The molecule has 43 heavy (non-hydrogen) atoms. The van der Waals surface area contributed by atoms with Crippen molar-refractivity contribution in [3.8, 4) is 23.0 Å². The summed E-state index contributed by atoms with van der Waals surface area (Å²) >= 11 is 0. The van der Waals surface area contributed by atoms with E-state index in [0.29, 0.717) is 45.8 Å². The number of hydrogen-bond donors (Lipinski definition) is 0. The molecule has 10 heteroatoms.